The van der Waals surface area contributed by atoms with Crippen molar-refractivity contribution in [3.05, 3.63) is 35.5 Å². The molecule has 0 spiro atoms. The van der Waals surface area contributed by atoms with Gasteiger partial charge in [0.2, 0.25) is 0 Å². The number of rotatable bonds is 7. The summed E-state index contributed by atoms with van der Waals surface area (Å²) < 4.78 is 5.42. The van der Waals surface area contributed by atoms with Crippen LogP contribution in [0.5, 0.6) is 0 Å². The van der Waals surface area contributed by atoms with Gasteiger partial charge in [-0.2, -0.15) is 0 Å². The maximum absolute atomic E-state index is 11.5. The van der Waals surface area contributed by atoms with E-state index in [0.29, 0.717) is 29.6 Å². The van der Waals surface area contributed by atoms with Crippen LogP contribution in [0.1, 0.15) is 105 Å². The number of carbonyl (C=O) groups is 1. The molecule has 34 heavy (non-hydrogen) atoms. The molecule has 4 nitrogen and oxygen atoms in total. The lowest BCUT2D eigenvalue weighted by atomic mass is 9.59. The fourth-order valence-electron chi connectivity index (χ4n) is 7.82. The van der Waals surface area contributed by atoms with Crippen molar-refractivity contribution in [1.29, 1.82) is 0 Å². The third-order valence-electron chi connectivity index (χ3n) is 9.61. The number of carbonyl (C=O) groups excluding carboxylic acids is 1. The zero-order valence-corrected chi connectivity index (χ0v) is 21.9. The van der Waals surface area contributed by atoms with Gasteiger partial charge >= 0.3 is 5.97 Å². The van der Waals surface area contributed by atoms with Crippen LogP contribution >= 0.6 is 0 Å². The van der Waals surface area contributed by atoms with Crippen molar-refractivity contribution in [2.75, 3.05) is 0 Å². The molecular formula is C30H46O4. The molecule has 0 aliphatic heterocycles. The molecular weight excluding hydrogens is 424 g/mol. The molecule has 4 saturated carbocycles. The third kappa shape index (κ3) is 5.38. The first-order chi connectivity index (χ1) is 15.9. The molecule has 0 saturated heterocycles. The number of hydrogen-bond acceptors (Lipinski definition) is 4. The van der Waals surface area contributed by atoms with Gasteiger partial charge in [-0.1, -0.05) is 37.6 Å². The Morgan fingerprint density at radius 3 is 2.62 bits per heavy atom. The van der Waals surface area contributed by atoms with Gasteiger partial charge in [0.15, 0.2) is 0 Å². The van der Waals surface area contributed by atoms with Crippen molar-refractivity contribution in [2.24, 2.45) is 22.7 Å². The zero-order chi connectivity index (χ0) is 24.7. The van der Waals surface area contributed by atoms with Crippen LogP contribution in [-0.4, -0.2) is 34.0 Å². The Labute approximate surface area is 206 Å². The molecule has 4 rings (SSSR count). The zero-order valence-electron chi connectivity index (χ0n) is 21.9. The van der Waals surface area contributed by atoms with E-state index in [1.54, 1.807) is 5.57 Å². The van der Waals surface area contributed by atoms with E-state index in [0.717, 1.165) is 36.3 Å². The van der Waals surface area contributed by atoms with Gasteiger partial charge in [-0.05, 0) is 112 Å². The predicted molar refractivity (Wildman–Crippen MR) is 136 cm³/mol. The van der Waals surface area contributed by atoms with Gasteiger partial charge in [0.25, 0.3) is 0 Å². The van der Waals surface area contributed by atoms with Crippen molar-refractivity contribution in [2.45, 2.75) is 123 Å². The first-order valence-electron chi connectivity index (χ1n) is 13.6. The van der Waals surface area contributed by atoms with Crippen molar-refractivity contribution in [1.82, 2.24) is 0 Å². The van der Waals surface area contributed by atoms with E-state index in [1.807, 2.05) is 13.8 Å². The molecule has 0 aromatic carbocycles. The van der Waals surface area contributed by atoms with Crippen LogP contribution in [0.2, 0.25) is 0 Å². The van der Waals surface area contributed by atoms with Crippen LogP contribution in [0.25, 0.3) is 0 Å². The highest BCUT2D eigenvalue weighted by Crippen LogP contribution is 2.70. The summed E-state index contributed by atoms with van der Waals surface area (Å²) in [6, 6.07) is 0. The van der Waals surface area contributed by atoms with Gasteiger partial charge in [-0.15, -0.1) is 0 Å². The SMILES string of the molecule is C=C1/C(=C\C=C2/CCC[C@@]3(C)C2CCC3C2(CCCC(C)(C)O)CC2)CC(O)C[C@@H]1OC(C)=O. The summed E-state index contributed by atoms with van der Waals surface area (Å²) in [6.45, 7) is 12.0. The average Bonchev–Trinajstić information content (AvgIpc) is 3.40. The molecule has 0 aromatic rings. The van der Waals surface area contributed by atoms with Crippen molar-refractivity contribution in [3.8, 4) is 0 Å². The number of allylic oxidation sites excluding steroid dienone is 3. The van der Waals surface area contributed by atoms with Crippen LogP contribution in [0.3, 0.4) is 0 Å². The standard InChI is InChI=1S/C30H46O4/c1-20-23(18-24(32)19-26(20)34-21(2)31)10-9-22-8-6-14-29(5)25(22)11-12-27(29)30(16-17-30)15-7-13-28(3,4)33/h9-10,24-27,32-33H,1,6-8,11-19H2,2-5H3/b22-9+,23-10-/t24?,25?,26-,27?,29-/m0/s1. The summed E-state index contributed by atoms with van der Waals surface area (Å²) in [6.07, 6.45) is 16.9. The van der Waals surface area contributed by atoms with E-state index < -0.39 is 17.8 Å². The molecule has 190 valence electrons. The highest BCUT2D eigenvalue weighted by Gasteiger charge is 2.60. The first-order valence-corrected chi connectivity index (χ1v) is 13.6. The minimum Gasteiger partial charge on any atom is -0.458 e. The second kappa shape index (κ2) is 9.58. The summed E-state index contributed by atoms with van der Waals surface area (Å²) in [5.74, 6) is 1.11. The van der Waals surface area contributed by atoms with Crippen LogP contribution in [0.15, 0.2) is 35.5 Å². The van der Waals surface area contributed by atoms with E-state index in [2.05, 4.69) is 25.7 Å². The largest absolute Gasteiger partial charge is 0.458 e. The summed E-state index contributed by atoms with van der Waals surface area (Å²) in [5, 5.41) is 20.5. The highest BCUT2D eigenvalue weighted by molar-refractivity contribution is 5.66. The number of aliphatic hydroxyl groups excluding tert-OH is 1. The first kappa shape index (κ1) is 25.7. The number of fused-ring (bicyclic) bond motifs is 1. The molecule has 4 aliphatic rings. The van der Waals surface area contributed by atoms with E-state index in [9.17, 15) is 15.0 Å². The molecule has 4 aliphatic carbocycles. The highest BCUT2D eigenvalue weighted by atomic mass is 16.5. The van der Waals surface area contributed by atoms with Gasteiger partial charge in [0.05, 0.1) is 11.7 Å². The Kier molecular flexibility index (Phi) is 7.24. The number of hydrogen-bond donors (Lipinski definition) is 2. The van der Waals surface area contributed by atoms with Gasteiger partial charge in [-0.25, -0.2) is 0 Å². The molecule has 5 atom stereocenters. The van der Waals surface area contributed by atoms with E-state index in [-0.39, 0.29) is 5.97 Å². The average molecular weight is 471 g/mol. The van der Waals surface area contributed by atoms with Crippen molar-refractivity contribution < 1.29 is 19.7 Å². The Bertz CT molecular complexity index is 856. The molecule has 0 radical (unpaired) electrons. The maximum atomic E-state index is 11.5. The second-order valence-electron chi connectivity index (χ2n) is 12.7. The quantitative estimate of drug-likeness (QED) is 0.421. The Morgan fingerprint density at radius 2 is 1.97 bits per heavy atom. The van der Waals surface area contributed by atoms with Gasteiger partial charge in [0, 0.05) is 13.3 Å². The van der Waals surface area contributed by atoms with Gasteiger partial charge in [-0.3, -0.25) is 4.79 Å². The summed E-state index contributed by atoms with van der Waals surface area (Å²) >= 11 is 0. The van der Waals surface area contributed by atoms with Crippen LogP contribution in [0, 0.1) is 22.7 Å². The Morgan fingerprint density at radius 1 is 1.24 bits per heavy atom. The Balaban J connectivity index is 1.48. The van der Waals surface area contributed by atoms with Crippen LogP contribution in [0.4, 0.5) is 0 Å². The van der Waals surface area contributed by atoms with E-state index in [1.165, 1.54) is 51.9 Å². The van der Waals surface area contributed by atoms with E-state index in [4.69, 9.17) is 4.74 Å². The predicted octanol–water partition coefficient (Wildman–Crippen LogP) is 6.42. The molecule has 2 N–H and O–H groups in total. The van der Waals surface area contributed by atoms with Crippen LogP contribution in [-0.2, 0) is 9.53 Å². The normalized spacial score (nSPS) is 37.6. The lowest BCUT2D eigenvalue weighted by molar-refractivity contribution is -0.146. The molecule has 0 bridgehead atoms. The lowest BCUT2D eigenvalue weighted by Crippen LogP contribution is -2.37. The molecule has 0 amide bonds. The second-order valence-corrected chi connectivity index (χ2v) is 12.7. The summed E-state index contributed by atoms with van der Waals surface area (Å²) in [4.78, 5) is 11.5. The van der Waals surface area contributed by atoms with Crippen molar-refractivity contribution >= 4 is 5.97 Å². The molecule has 0 heterocycles. The van der Waals surface area contributed by atoms with E-state index >= 15 is 0 Å². The molecule has 4 heteroatoms. The summed E-state index contributed by atoms with van der Waals surface area (Å²) in [7, 11) is 0. The minimum atomic E-state index is -0.558. The fraction of sp³-hybridized carbons (Fsp3) is 0.767. The minimum absolute atomic E-state index is 0.324. The maximum Gasteiger partial charge on any atom is 0.303 e. The topological polar surface area (TPSA) is 66.8 Å². The fourth-order valence-corrected chi connectivity index (χ4v) is 7.82. The monoisotopic (exact) mass is 470 g/mol. The molecule has 3 unspecified atom stereocenters. The smallest absolute Gasteiger partial charge is 0.303 e. The summed E-state index contributed by atoms with van der Waals surface area (Å²) in [5.41, 5.74) is 3.74. The van der Waals surface area contributed by atoms with Crippen LogP contribution < -0.4 is 0 Å². The van der Waals surface area contributed by atoms with Gasteiger partial charge in [0.1, 0.15) is 6.10 Å². The van der Waals surface area contributed by atoms with Gasteiger partial charge < -0.3 is 14.9 Å². The third-order valence-corrected chi connectivity index (χ3v) is 9.61. The molecule has 4 fully saturated rings. The number of esters is 1. The Hall–Kier alpha value is -1.39. The lowest BCUT2D eigenvalue weighted by Gasteiger charge is -2.45. The number of ether oxygens (including phenoxy) is 1. The number of aliphatic hydroxyl groups is 2. The van der Waals surface area contributed by atoms with Crippen molar-refractivity contribution in [3.63, 3.8) is 0 Å². The molecule has 0 aromatic heterocycles.